The van der Waals surface area contributed by atoms with E-state index in [1.165, 1.54) is 14.0 Å². The Morgan fingerprint density at radius 3 is 2.43 bits per heavy atom. The average molecular weight is 421 g/mol. The number of ketones is 1. The van der Waals surface area contributed by atoms with Crippen molar-refractivity contribution in [1.29, 1.82) is 0 Å². The van der Waals surface area contributed by atoms with Gasteiger partial charge in [0.2, 0.25) is 0 Å². The lowest BCUT2D eigenvalue weighted by Crippen LogP contribution is -2.65. The van der Waals surface area contributed by atoms with Crippen LogP contribution in [0.25, 0.3) is 0 Å². The standard InChI is InChI=1S/C23H32O7/c1-11-7-16-21(27,18(11)26)9-14(10-24)8-15-17-20(4,5)23(17,30-13(3)25)19(29-6)12(2)22(15,16)28/h7-8,12,15-17,19,24,27-28H,9-10H2,1-6H3/t12-,15+,16-,17+,19-,21-,22-,23-/m1/s1. The second-order valence-corrected chi connectivity index (χ2v) is 10.2. The highest BCUT2D eigenvalue weighted by molar-refractivity contribution is 6.04. The van der Waals surface area contributed by atoms with Gasteiger partial charge in [-0.1, -0.05) is 32.9 Å². The fraction of sp³-hybridized carbons (Fsp3) is 0.739. The summed E-state index contributed by atoms with van der Waals surface area (Å²) < 4.78 is 11.8. The second kappa shape index (κ2) is 6.25. The normalized spacial score (nSPS) is 48.6. The van der Waals surface area contributed by atoms with Gasteiger partial charge in [-0.3, -0.25) is 9.59 Å². The first-order chi connectivity index (χ1) is 13.8. The minimum Gasteiger partial charge on any atom is -0.456 e. The van der Waals surface area contributed by atoms with Crippen LogP contribution in [-0.2, 0) is 19.1 Å². The van der Waals surface area contributed by atoms with Crippen LogP contribution < -0.4 is 0 Å². The van der Waals surface area contributed by atoms with Gasteiger partial charge in [0.15, 0.2) is 5.78 Å². The van der Waals surface area contributed by atoms with Crippen LogP contribution >= 0.6 is 0 Å². The summed E-state index contributed by atoms with van der Waals surface area (Å²) in [6.45, 7) is 8.46. The van der Waals surface area contributed by atoms with Crippen molar-refractivity contribution in [3.63, 3.8) is 0 Å². The molecular formula is C23H32O7. The number of esters is 1. The summed E-state index contributed by atoms with van der Waals surface area (Å²) in [5.41, 5.74) is -3.89. The van der Waals surface area contributed by atoms with E-state index in [0.717, 1.165) is 0 Å². The molecule has 2 fully saturated rings. The third-order valence-corrected chi connectivity index (χ3v) is 8.52. The molecule has 4 rings (SSSR count). The zero-order chi connectivity index (χ0) is 22.4. The van der Waals surface area contributed by atoms with Gasteiger partial charge in [-0.2, -0.15) is 0 Å². The highest BCUT2D eigenvalue weighted by Crippen LogP contribution is 2.77. The van der Waals surface area contributed by atoms with Crippen molar-refractivity contribution in [3.05, 3.63) is 23.3 Å². The lowest BCUT2D eigenvalue weighted by Gasteiger charge is -2.53. The second-order valence-electron chi connectivity index (χ2n) is 10.2. The quantitative estimate of drug-likeness (QED) is 0.464. The third kappa shape index (κ3) is 2.24. The number of methoxy groups -OCH3 is 1. The summed E-state index contributed by atoms with van der Waals surface area (Å²) in [6.07, 6.45) is 2.80. The van der Waals surface area contributed by atoms with Crippen molar-refractivity contribution in [1.82, 2.24) is 0 Å². The Labute approximate surface area is 176 Å². The monoisotopic (exact) mass is 420 g/mol. The maximum Gasteiger partial charge on any atom is 0.303 e. The Morgan fingerprint density at radius 2 is 1.90 bits per heavy atom. The summed E-state index contributed by atoms with van der Waals surface area (Å²) in [7, 11) is 1.53. The van der Waals surface area contributed by atoms with Crippen LogP contribution in [0.15, 0.2) is 23.3 Å². The number of hydrogen-bond donors (Lipinski definition) is 3. The summed E-state index contributed by atoms with van der Waals surface area (Å²) in [4.78, 5) is 25.0. The largest absolute Gasteiger partial charge is 0.456 e. The van der Waals surface area contributed by atoms with Crippen LogP contribution in [0.2, 0.25) is 0 Å². The van der Waals surface area contributed by atoms with E-state index in [4.69, 9.17) is 9.47 Å². The van der Waals surface area contributed by atoms with E-state index in [-0.39, 0.29) is 18.9 Å². The van der Waals surface area contributed by atoms with E-state index in [9.17, 15) is 24.9 Å². The fourth-order valence-electron chi connectivity index (χ4n) is 7.25. The smallest absolute Gasteiger partial charge is 0.303 e. The molecule has 0 radical (unpaired) electrons. The number of carbonyl (C=O) groups excluding carboxylic acids is 2. The minimum atomic E-state index is -1.82. The van der Waals surface area contributed by atoms with E-state index in [1.807, 2.05) is 20.8 Å². The first-order valence-electron chi connectivity index (χ1n) is 10.5. The SMILES string of the molecule is CO[C@@H]1[C@@H](C)[C@@]2(O)[C@@H](C=C(CO)C[C@]3(O)C(=O)C(C)=C[C@@H]23)[C@H]2C(C)(C)[C@]12OC(C)=O. The number of aliphatic hydroxyl groups is 3. The van der Waals surface area contributed by atoms with Gasteiger partial charge < -0.3 is 24.8 Å². The van der Waals surface area contributed by atoms with E-state index < -0.39 is 57.8 Å². The minimum absolute atomic E-state index is 0.0439. The lowest BCUT2D eigenvalue weighted by atomic mass is 9.59. The van der Waals surface area contributed by atoms with E-state index in [2.05, 4.69) is 0 Å². The number of fused-ring (bicyclic) bond motifs is 5. The van der Waals surface area contributed by atoms with Crippen molar-refractivity contribution in [2.45, 2.75) is 63.9 Å². The van der Waals surface area contributed by atoms with Crippen LogP contribution in [0, 0.1) is 29.1 Å². The molecule has 0 spiro atoms. The van der Waals surface area contributed by atoms with Gasteiger partial charge in [-0.05, 0) is 18.1 Å². The summed E-state index contributed by atoms with van der Waals surface area (Å²) in [6, 6.07) is 0. The first kappa shape index (κ1) is 21.7. The van der Waals surface area contributed by atoms with Crippen molar-refractivity contribution < 1.29 is 34.4 Å². The Bertz CT molecular complexity index is 873. The van der Waals surface area contributed by atoms with Crippen LogP contribution in [0.5, 0.6) is 0 Å². The number of carbonyl (C=O) groups is 2. The molecule has 0 bridgehead atoms. The molecule has 0 aromatic carbocycles. The molecule has 7 nitrogen and oxygen atoms in total. The van der Waals surface area contributed by atoms with Crippen molar-refractivity contribution in [3.8, 4) is 0 Å². The zero-order valence-electron chi connectivity index (χ0n) is 18.4. The van der Waals surface area contributed by atoms with Crippen LogP contribution in [0.1, 0.15) is 41.0 Å². The van der Waals surface area contributed by atoms with Gasteiger partial charge >= 0.3 is 5.97 Å². The van der Waals surface area contributed by atoms with Gasteiger partial charge in [0.05, 0.1) is 12.2 Å². The molecule has 30 heavy (non-hydrogen) atoms. The molecule has 3 N–H and O–H groups in total. The first-order valence-corrected chi connectivity index (χ1v) is 10.5. The maximum atomic E-state index is 12.9. The van der Waals surface area contributed by atoms with Crippen molar-refractivity contribution in [2.24, 2.45) is 29.1 Å². The predicted octanol–water partition coefficient (Wildman–Crippen LogP) is 1.15. The van der Waals surface area contributed by atoms with Gasteiger partial charge in [-0.15, -0.1) is 0 Å². The Balaban J connectivity index is 1.96. The third-order valence-electron chi connectivity index (χ3n) is 8.52. The summed E-state index contributed by atoms with van der Waals surface area (Å²) in [5.74, 6) is -3.10. The van der Waals surface area contributed by atoms with Crippen LogP contribution in [0.4, 0.5) is 0 Å². The number of ether oxygens (including phenoxy) is 2. The summed E-state index contributed by atoms with van der Waals surface area (Å²) in [5, 5.41) is 33.8. The number of hydrogen-bond acceptors (Lipinski definition) is 7. The molecule has 166 valence electrons. The molecule has 4 aliphatic carbocycles. The van der Waals surface area contributed by atoms with Crippen LogP contribution in [-0.4, -0.2) is 63.7 Å². The number of rotatable bonds is 3. The van der Waals surface area contributed by atoms with Crippen LogP contribution in [0.3, 0.4) is 0 Å². The van der Waals surface area contributed by atoms with E-state index in [0.29, 0.717) is 11.1 Å². The lowest BCUT2D eigenvalue weighted by molar-refractivity contribution is -0.224. The predicted molar refractivity (Wildman–Crippen MR) is 107 cm³/mol. The molecule has 0 aromatic heterocycles. The van der Waals surface area contributed by atoms with Gasteiger partial charge in [0, 0.05) is 49.5 Å². The molecule has 7 heteroatoms. The van der Waals surface area contributed by atoms with Gasteiger partial charge in [0.1, 0.15) is 17.3 Å². The Kier molecular flexibility index (Phi) is 4.52. The molecule has 0 unspecified atom stereocenters. The molecule has 8 atom stereocenters. The molecular weight excluding hydrogens is 388 g/mol. The highest BCUT2D eigenvalue weighted by Gasteiger charge is 2.87. The van der Waals surface area contributed by atoms with Gasteiger partial charge in [-0.25, -0.2) is 0 Å². The molecule has 0 aromatic rings. The number of aliphatic hydroxyl groups excluding tert-OH is 1. The highest BCUT2D eigenvalue weighted by atomic mass is 16.6. The van der Waals surface area contributed by atoms with Crippen molar-refractivity contribution in [2.75, 3.05) is 13.7 Å². The summed E-state index contributed by atoms with van der Waals surface area (Å²) >= 11 is 0. The Hall–Kier alpha value is -1.54. The molecule has 0 heterocycles. The number of Topliss-reactive ketones (excluding diaryl/α,β-unsaturated/α-hetero) is 1. The van der Waals surface area contributed by atoms with Crippen molar-refractivity contribution >= 4 is 11.8 Å². The maximum absolute atomic E-state index is 12.9. The zero-order valence-corrected chi connectivity index (χ0v) is 18.4. The topological polar surface area (TPSA) is 113 Å². The van der Waals surface area contributed by atoms with E-state index in [1.54, 1.807) is 19.1 Å². The molecule has 0 aliphatic heterocycles. The molecule has 0 saturated heterocycles. The van der Waals surface area contributed by atoms with E-state index >= 15 is 0 Å². The molecule has 0 amide bonds. The molecule has 4 aliphatic rings. The Morgan fingerprint density at radius 1 is 1.27 bits per heavy atom. The van der Waals surface area contributed by atoms with Gasteiger partial charge in [0.25, 0.3) is 0 Å². The fourth-order valence-corrected chi connectivity index (χ4v) is 7.25. The molecule has 2 saturated carbocycles. The average Bonchev–Trinajstić information content (AvgIpc) is 3.07.